The molecule has 0 spiro atoms. The molecule has 0 saturated carbocycles. The maximum absolute atomic E-state index is 5.59. The van der Waals surface area contributed by atoms with E-state index in [-0.39, 0.29) is 6.04 Å². The molecule has 2 aromatic rings. The van der Waals surface area contributed by atoms with Crippen LogP contribution in [0.2, 0.25) is 0 Å². The molecule has 1 saturated heterocycles. The van der Waals surface area contributed by atoms with Gasteiger partial charge in [-0.15, -0.1) is 11.7 Å². The lowest BCUT2D eigenvalue weighted by Gasteiger charge is -2.26. The molecule has 140 valence electrons. The maximum Gasteiger partial charge on any atom is 0.204 e. The predicted octanol–water partition coefficient (Wildman–Crippen LogP) is 4.08. The molecule has 0 unspecified atom stereocenters. The molecule has 0 radical (unpaired) electrons. The number of ether oxygens (including phenoxy) is 2. The van der Waals surface area contributed by atoms with Gasteiger partial charge in [-0.05, 0) is 43.3 Å². The monoisotopic (exact) mass is 392 g/mol. The first-order valence-corrected chi connectivity index (χ1v) is 9.77. The van der Waals surface area contributed by atoms with Gasteiger partial charge < -0.3 is 14.8 Å². The van der Waals surface area contributed by atoms with E-state index in [1.165, 1.54) is 11.3 Å². The highest BCUT2D eigenvalue weighted by atomic mass is 32.1. The van der Waals surface area contributed by atoms with Gasteiger partial charge in [0.15, 0.2) is 3.95 Å². The number of nitrogens with zero attached hydrogens (tertiary/aromatic N) is 3. The van der Waals surface area contributed by atoms with Crippen molar-refractivity contribution >= 4 is 28.7 Å². The average Bonchev–Trinajstić information content (AvgIpc) is 3.26. The fourth-order valence-corrected chi connectivity index (χ4v) is 4.25. The number of anilines is 1. The molecule has 1 atom stereocenters. The van der Waals surface area contributed by atoms with Crippen molar-refractivity contribution in [3.63, 3.8) is 0 Å². The summed E-state index contributed by atoms with van der Waals surface area (Å²) in [4.78, 5) is 2.39. The van der Waals surface area contributed by atoms with Gasteiger partial charge in [0.1, 0.15) is 11.5 Å². The van der Waals surface area contributed by atoms with E-state index in [9.17, 15) is 0 Å². The Morgan fingerprint density at radius 2 is 2.27 bits per heavy atom. The molecule has 1 N–H and O–H groups in total. The minimum absolute atomic E-state index is 0.258. The quantitative estimate of drug-likeness (QED) is 0.540. The van der Waals surface area contributed by atoms with Crippen LogP contribution in [0.4, 0.5) is 5.13 Å². The number of hydrogen-bond acceptors (Lipinski definition) is 7. The van der Waals surface area contributed by atoms with Crippen LogP contribution in [0.5, 0.6) is 11.5 Å². The van der Waals surface area contributed by atoms with Gasteiger partial charge in [-0.1, -0.05) is 17.4 Å². The lowest BCUT2D eigenvalue weighted by molar-refractivity contribution is 0.188. The van der Waals surface area contributed by atoms with Crippen molar-refractivity contribution in [1.29, 1.82) is 0 Å². The molecule has 1 aromatic heterocycles. The van der Waals surface area contributed by atoms with Gasteiger partial charge in [0.25, 0.3) is 0 Å². The first kappa shape index (κ1) is 18.9. The van der Waals surface area contributed by atoms with Crippen molar-refractivity contribution in [2.24, 2.45) is 0 Å². The van der Waals surface area contributed by atoms with Crippen LogP contribution < -0.4 is 14.8 Å². The summed E-state index contributed by atoms with van der Waals surface area (Å²) in [6.45, 7) is 6.05. The minimum atomic E-state index is 0.258. The van der Waals surface area contributed by atoms with Gasteiger partial charge in [-0.3, -0.25) is 4.90 Å². The van der Waals surface area contributed by atoms with Crippen LogP contribution in [0, 0.1) is 3.95 Å². The van der Waals surface area contributed by atoms with Gasteiger partial charge in [0.05, 0.1) is 20.9 Å². The van der Waals surface area contributed by atoms with Crippen molar-refractivity contribution in [3.05, 3.63) is 40.4 Å². The molecule has 2 heterocycles. The van der Waals surface area contributed by atoms with Crippen LogP contribution in [0.1, 0.15) is 24.4 Å². The Bertz CT molecular complexity index is 818. The van der Waals surface area contributed by atoms with Gasteiger partial charge in [-0.2, -0.15) is 0 Å². The SMILES string of the molecule is C=CCNc1nn(CN2CCC[C@@H]2c2cc(OC)ccc2OC)c(=S)s1. The zero-order chi connectivity index (χ0) is 18.5. The molecule has 1 aliphatic heterocycles. The third kappa shape index (κ3) is 4.08. The molecule has 8 heteroatoms. The van der Waals surface area contributed by atoms with E-state index in [2.05, 4.69) is 28.0 Å². The molecule has 0 amide bonds. The van der Waals surface area contributed by atoms with Crippen LogP contribution in [0.3, 0.4) is 0 Å². The molecule has 26 heavy (non-hydrogen) atoms. The predicted molar refractivity (Wildman–Crippen MR) is 108 cm³/mol. The summed E-state index contributed by atoms with van der Waals surface area (Å²) in [6.07, 6.45) is 4.01. The lowest BCUT2D eigenvalue weighted by Crippen LogP contribution is -2.27. The summed E-state index contributed by atoms with van der Waals surface area (Å²) < 4.78 is 13.6. The summed E-state index contributed by atoms with van der Waals surface area (Å²) >= 11 is 6.97. The third-order valence-electron chi connectivity index (χ3n) is 4.48. The van der Waals surface area contributed by atoms with Crippen molar-refractivity contribution in [2.45, 2.75) is 25.6 Å². The van der Waals surface area contributed by atoms with Crippen molar-refractivity contribution in [2.75, 3.05) is 32.6 Å². The number of aromatic nitrogens is 2. The minimum Gasteiger partial charge on any atom is -0.497 e. The standard InChI is InChI=1S/C18H24N4O2S2/c1-4-9-19-17-20-22(18(25)26-17)12-21-10-5-6-15(21)14-11-13(23-2)7-8-16(14)24-3/h4,7-8,11,15H,1,5-6,9-10,12H2,2-3H3,(H,19,20)/t15-/m1/s1. The Kier molecular flexibility index (Phi) is 6.29. The van der Waals surface area contributed by atoms with Crippen molar-refractivity contribution in [3.8, 4) is 11.5 Å². The maximum atomic E-state index is 5.59. The summed E-state index contributed by atoms with van der Waals surface area (Å²) in [5, 5.41) is 8.62. The third-order valence-corrected chi connectivity index (χ3v) is 5.74. The summed E-state index contributed by atoms with van der Waals surface area (Å²) in [5.41, 5.74) is 1.15. The highest BCUT2D eigenvalue weighted by molar-refractivity contribution is 7.73. The van der Waals surface area contributed by atoms with Gasteiger partial charge in [0.2, 0.25) is 5.13 Å². The largest absolute Gasteiger partial charge is 0.497 e. The Hall–Kier alpha value is -1.90. The second-order valence-electron chi connectivity index (χ2n) is 6.06. The van der Waals surface area contributed by atoms with E-state index in [1.54, 1.807) is 20.3 Å². The van der Waals surface area contributed by atoms with E-state index in [1.807, 2.05) is 16.8 Å². The zero-order valence-electron chi connectivity index (χ0n) is 15.1. The normalized spacial score (nSPS) is 17.2. The van der Waals surface area contributed by atoms with E-state index < -0.39 is 0 Å². The highest BCUT2D eigenvalue weighted by Crippen LogP contribution is 2.39. The average molecular weight is 393 g/mol. The molecule has 1 aliphatic rings. The Morgan fingerprint density at radius 3 is 3.00 bits per heavy atom. The van der Waals surface area contributed by atoms with Gasteiger partial charge >= 0.3 is 0 Å². The smallest absolute Gasteiger partial charge is 0.204 e. The Balaban J connectivity index is 1.82. The van der Waals surface area contributed by atoms with Gasteiger partial charge in [0, 0.05) is 24.7 Å². The van der Waals surface area contributed by atoms with E-state index in [4.69, 9.17) is 21.7 Å². The van der Waals surface area contributed by atoms with Gasteiger partial charge in [-0.25, -0.2) is 4.68 Å². The van der Waals surface area contributed by atoms with Crippen LogP contribution in [-0.4, -0.2) is 42.0 Å². The van der Waals surface area contributed by atoms with Crippen LogP contribution in [-0.2, 0) is 6.67 Å². The molecule has 0 aliphatic carbocycles. The molecular formula is C18H24N4O2S2. The second-order valence-corrected chi connectivity index (χ2v) is 7.68. The second kappa shape index (κ2) is 8.66. The molecule has 1 fully saturated rings. The van der Waals surface area contributed by atoms with E-state index in [0.29, 0.717) is 13.2 Å². The molecule has 0 bridgehead atoms. The topological polar surface area (TPSA) is 51.6 Å². The molecular weight excluding hydrogens is 368 g/mol. The first-order valence-electron chi connectivity index (χ1n) is 8.55. The fourth-order valence-electron chi connectivity index (χ4n) is 3.25. The summed E-state index contributed by atoms with van der Waals surface area (Å²) in [7, 11) is 3.39. The number of benzene rings is 1. The van der Waals surface area contributed by atoms with Crippen molar-refractivity contribution in [1.82, 2.24) is 14.7 Å². The van der Waals surface area contributed by atoms with Crippen molar-refractivity contribution < 1.29 is 9.47 Å². The molecule has 1 aromatic carbocycles. The molecule has 3 rings (SSSR count). The Morgan fingerprint density at radius 1 is 1.42 bits per heavy atom. The van der Waals surface area contributed by atoms with Crippen LogP contribution in [0.15, 0.2) is 30.9 Å². The summed E-state index contributed by atoms with van der Waals surface area (Å²) in [6, 6.07) is 6.22. The fraction of sp³-hybridized carbons (Fsp3) is 0.444. The number of nitrogens with one attached hydrogen (secondary N) is 1. The highest BCUT2D eigenvalue weighted by Gasteiger charge is 2.29. The van der Waals surface area contributed by atoms with Crippen LogP contribution >= 0.6 is 23.6 Å². The Labute approximate surface area is 163 Å². The number of likely N-dealkylation sites (tertiary alicyclic amines) is 1. The molecule has 6 nitrogen and oxygen atoms in total. The number of hydrogen-bond donors (Lipinski definition) is 1. The van der Waals surface area contributed by atoms with E-state index in [0.717, 1.165) is 45.5 Å². The zero-order valence-corrected chi connectivity index (χ0v) is 16.7. The number of rotatable bonds is 8. The lowest BCUT2D eigenvalue weighted by atomic mass is 10.0. The summed E-state index contributed by atoms with van der Waals surface area (Å²) in [5.74, 6) is 1.73. The van der Waals surface area contributed by atoms with Crippen LogP contribution in [0.25, 0.3) is 0 Å². The number of methoxy groups -OCH3 is 2. The first-order chi connectivity index (χ1) is 12.7. The van der Waals surface area contributed by atoms with E-state index >= 15 is 0 Å².